The Hall–Kier alpha value is -1.42. The summed E-state index contributed by atoms with van der Waals surface area (Å²) in [4.78, 5) is 4.61. The van der Waals surface area contributed by atoms with E-state index in [1.165, 1.54) is 6.21 Å². The van der Waals surface area contributed by atoms with Crippen molar-refractivity contribution in [3.63, 3.8) is 0 Å². The van der Waals surface area contributed by atoms with Crippen molar-refractivity contribution in [3.05, 3.63) is 41.3 Å². The predicted octanol–water partition coefficient (Wildman–Crippen LogP) is 1.82. The minimum Gasteiger partial charge on any atom is -0.292 e. The van der Waals surface area contributed by atoms with Gasteiger partial charge in [-0.05, 0) is 18.6 Å². The fourth-order valence-corrected chi connectivity index (χ4v) is 2.74. The van der Waals surface area contributed by atoms with Crippen LogP contribution in [0.1, 0.15) is 6.42 Å². The fraction of sp³-hybridized carbons (Fsp3) is 0.182. The van der Waals surface area contributed by atoms with Crippen molar-refractivity contribution in [3.8, 4) is 0 Å². The van der Waals surface area contributed by atoms with Crippen molar-refractivity contribution >= 4 is 16.1 Å². The van der Waals surface area contributed by atoms with Crippen LogP contribution in [0.25, 0.3) is 0 Å². The summed E-state index contributed by atoms with van der Waals surface area (Å²) in [5.74, 6) is 0. The van der Waals surface area contributed by atoms with Gasteiger partial charge in [0.05, 0.1) is 9.80 Å². The van der Waals surface area contributed by atoms with Gasteiger partial charge in [-0.3, -0.25) is 4.99 Å². The molecule has 3 nitrogen and oxygen atoms in total. The maximum absolute atomic E-state index is 12.0. The maximum atomic E-state index is 12.0. The minimum atomic E-state index is -3.35. The molecule has 1 aromatic rings. The normalized spacial score (nSPS) is 16.1. The van der Waals surface area contributed by atoms with Gasteiger partial charge in [0.2, 0.25) is 9.84 Å². The van der Waals surface area contributed by atoms with E-state index in [2.05, 4.69) is 4.99 Å². The highest BCUT2D eigenvalue weighted by atomic mass is 32.2. The van der Waals surface area contributed by atoms with E-state index in [1.807, 2.05) is 0 Å². The predicted molar refractivity (Wildman–Crippen MR) is 59.7 cm³/mol. The Morgan fingerprint density at radius 3 is 2.47 bits per heavy atom. The number of rotatable bonds is 2. The first-order valence-electron chi connectivity index (χ1n) is 4.71. The zero-order valence-corrected chi connectivity index (χ0v) is 8.94. The molecule has 1 aromatic carbocycles. The molecular formula is C11H11NO2S. The molecule has 0 aliphatic carbocycles. The fourth-order valence-electron chi connectivity index (χ4n) is 1.40. The molecule has 1 aliphatic heterocycles. The molecule has 0 unspecified atom stereocenters. The molecule has 0 bridgehead atoms. The van der Waals surface area contributed by atoms with E-state index in [1.54, 1.807) is 36.4 Å². The van der Waals surface area contributed by atoms with Crippen molar-refractivity contribution in [1.29, 1.82) is 0 Å². The molecule has 0 saturated heterocycles. The molecule has 0 spiro atoms. The summed E-state index contributed by atoms with van der Waals surface area (Å²) >= 11 is 0. The number of benzene rings is 1. The molecule has 0 radical (unpaired) electrons. The van der Waals surface area contributed by atoms with Gasteiger partial charge in [0.25, 0.3) is 0 Å². The summed E-state index contributed by atoms with van der Waals surface area (Å²) in [6, 6.07) is 8.42. The first-order valence-corrected chi connectivity index (χ1v) is 6.20. The SMILES string of the molecule is O=S(=O)(C1=CCCN=C1)c1ccccc1. The van der Waals surface area contributed by atoms with Crippen LogP contribution >= 0.6 is 0 Å². The van der Waals surface area contributed by atoms with Gasteiger partial charge in [-0.15, -0.1) is 0 Å². The number of nitrogens with zero attached hydrogens (tertiary/aromatic N) is 1. The number of aliphatic imine (C=N–C) groups is 1. The van der Waals surface area contributed by atoms with Gasteiger partial charge in [0.15, 0.2) is 0 Å². The lowest BCUT2D eigenvalue weighted by atomic mass is 10.3. The maximum Gasteiger partial charge on any atom is 0.207 e. The molecule has 2 rings (SSSR count). The van der Waals surface area contributed by atoms with Crippen molar-refractivity contribution in [2.45, 2.75) is 11.3 Å². The molecule has 4 heteroatoms. The highest BCUT2D eigenvalue weighted by molar-refractivity contribution is 7.96. The molecule has 0 N–H and O–H groups in total. The Labute approximate surface area is 89.1 Å². The molecule has 1 aliphatic rings. The van der Waals surface area contributed by atoms with Crippen molar-refractivity contribution in [2.75, 3.05) is 6.54 Å². The third kappa shape index (κ3) is 1.99. The summed E-state index contributed by atoms with van der Waals surface area (Å²) < 4.78 is 24.1. The Morgan fingerprint density at radius 2 is 1.87 bits per heavy atom. The van der Waals surface area contributed by atoms with Crippen LogP contribution in [-0.2, 0) is 9.84 Å². The Kier molecular flexibility index (Phi) is 2.68. The summed E-state index contributed by atoms with van der Waals surface area (Å²) in [6.07, 6.45) is 3.85. The largest absolute Gasteiger partial charge is 0.292 e. The summed E-state index contributed by atoms with van der Waals surface area (Å²) in [6.45, 7) is 0.674. The van der Waals surface area contributed by atoms with E-state index in [-0.39, 0.29) is 0 Å². The van der Waals surface area contributed by atoms with E-state index in [0.717, 1.165) is 0 Å². The minimum absolute atomic E-state index is 0.306. The van der Waals surface area contributed by atoms with Gasteiger partial charge in [0, 0.05) is 12.8 Å². The highest BCUT2D eigenvalue weighted by Crippen LogP contribution is 2.19. The molecule has 15 heavy (non-hydrogen) atoms. The van der Waals surface area contributed by atoms with Gasteiger partial charge < -0.3 is 0 Å². The first kappa shape index (κ1) is 10.1. The summed E-state index contributed by atoms with van der Waals surface area (Å²) in [5, 5.41) is 0. The second-order valence-corrected chi connectivity index (χ2v) is 5.20. The third-order valence-electron chi connectivity index (χ3n) is 2.19. The number of hydrogen-bond acceptors (Lipinski definition) is 3. The molecule has 0 atom stereocenters. The first-order chi connectivity index (χ1) is 7.21. The lowest BCUT2D eigenvalue weighted by Crippen LogP contribution is -2.08. The second kappa shape index (κ2) is 3.98. The van der Waals surface area contributed by atoms with Crippen LogP contribution in [0.15, 0.2) is 51.2 Å². The van der Waals surface area contributed by atoms with Gasteiger partial charge >= 0.3 is 0 Å². The Morgan fingerprint density at radius 1 is 1.13 bits per heavy atom. The van der Waals surface area contributed by atoms with Gasteiger partial charge in [-0.2, -0.15) is 0 Å². The van der Waals surface area contributed by atoms with E-state index >= 15 is 0 Å². The smallest absolute Gasteiger partial charge is 0.207 e. The van der Waals surface area contributed by atoms with Crippen molar-refractivity contribution in [1.82, 2.24) is 0 Å². The van der Waals surface area contributed by atoms with Crippen LogP contribution in [0, 0.1) is 0 Å². The molecule has 0 amide bonds. The highest BCUT2D eigenvalue weighted by Gasteiger charge is 2.19. The van der Waals surface area contributed by atoms with Crippen LogP contribution in [0.3, 0.4) is 0 Å². The zero-order valence-electron chi connectivity index (χ0n) is 8.13. The number of sulfone groups is 1. The average Bonchev–Trinajstić information content (AvgIpc) is 2.31. The summed E-state index contributed by atoms with van der Waals surface area (Å²) in [7, 11) is -3.35. The monoisotopic (exact) mass is 221 g/mol. The number of allylic oxidation sites excluding steroid dienone is 1. The van der Waals surface area contributed by atoms with E-state index < -0.39 is 9.84 Å². The third-order valence-corrected chi connectivity index (χ3v) is 3.97. The van der Waals surface area contributed by atoms with E-state index in [4.69, 9.17) is 0 Å². The average molecular weight is 221 g/mol. The molecular weight excluding hydrogens is 210 g/mol. The van der Waals surface area contributed by atoms with Crippen molar-refractivity contribution in [2.24, 2.45) is 4.99 Å². The lowest BCUT2D eigenvalue weighted by molar-refractivity contribution is 0.603. The lowest BCUT2D eigenvalue weighted by Gasteiger charge is -2.07. The van der Waals surface area contributed by atoms with Crippen LogP contribution in [0.5, 0.6) is 0 Å². The molecule has 0 fully saturated rings. The topological polar surface area (TPSA) is 46.5 Å². The Bertz CT molecular complexity index is 501. The molecule has 1 heterocycles. The van der Waals surface area contributed by atoms with Crippen LogP contribution in [0.4, 0.5) is 0 Å². The quantitative estimate of drug-likeness (QED) is 0.764. The Balaban J connectivity index is 2.44. The van der Waals surface area contributed by atoms with Crippen LogP contribution in [-0.4, -0.2) is 21.2 Å². The van der Waals surface area contributed by atoms with Gasteiger partial charge in [0.1, 0.15) is 0 Å². The molecule has 0 aromatic heterocycles. The van der Waals surface area contributed by atoms with E-state index in [0.29, 0.717) is 22.8 Å². The van der Waals surface area contributed by atoms with Crippen LogP contribution in [0.2, 0.25) is 0 Å². The second-order valence-electron chi connectivity index (χ2n) is 3.25. The van der Waals surface area contributed by atoms with Crippen LogP contribution < -0.4 is 0 Å². The van der Waals surface area contributed by atoms with Crippen molar-refractivity contribution < 1.29 is 8.42 Å². The standard InChI is InChI=1S/C11H11NO2S/c13-15(14,10-5-2-1-3-6-10)11-7-4-8-12-9-11/h1-3,5-7,9H,4,8H2. The van der Waals surface area contributed by atoms with Gasteiger partial charge in [-0.25, -0.2) is 8.42 Å². The van der Waals surface area contributed by atoms with Gasteiger partial charge in [-0.1, -0.05) is 24.3 Å². The van der Waals surface area contributed by atoms with E-state index in [9.17, 15) is 8.42 Å². The zero-order chi connectivity index (χ0) is 10.7. The number of dihydropyridines is 1. The number of hydrogen-bond donors (Lipinski definition) is 0. The molecule has 78 valence electrons. The molecule has 0 saturated carbocycles. The summed E-state index contributed by atoms with van der Waals surface area (Å²) in [5.41, 5.74) is 0.